The van der Waals surface area contributed by atoms with Crippen molar-refractivity contribution in [2.75, 3.05) is 13.1 Å². The molecule has 1 aliphatic heterocycles. The Morgan fingerprint density at radius 2 is 1.35 bits per heavy atom. The van der Waals surface area contributed by atoms with E-state index in [4.69, 9.17) is 0 Å². The molecule has 1 aliphatic rings. The quantitative estimate of drug-likeness (QED) is 0.459. The third-order valence-electron chi connectivity index (χ3n) is 3.18. The van der Waals surface area contributed by atoms with Crippen molar-refractivity contribution in [2.45, 2.75) is 18.8 Å². The molecule has 1 atom stereocenters. The number of hydrogen-bond donors (Lipinski definition) is 1. The van der Waals surface area contributed by atoms with Crippen LogP contribution in [0.2, 0.25) is 0 Å². The fourth-order valence-electron chi connectivity index (χ4n) is 2.17. The highest BCUT2D eigenvalue weighted by molar-refractivity contribution is 5.32. The Morgan fingerprint density at radius 3 is 1.76 bits per heavy atom. The average molecular weight is 251 g/mol. The molecule has 0 spiro atoms. The lowest BCUT2D eigenvalue weighted by Crippen LogP contribution is -2.29. The van der Waals surface area contributed by atoms with Gasteiger partial charge in [-0.1, -0.05) is 6.92 Å². The van der Waals surface area contributed by atoms with Gasteiger partial charge in [0.2, 0.25) is 5.82 Å². The molecule has 0 aromatic heterocycles. The average Bonchev–Trinajstić information content (AvgIpc) is 2.71. The molecule has 0 amide bonds. The Balaban J connectivity index is 2.69. The van der Waals surface area contributed by atoms with Gasteiger partial charge < -0.3 is 5.32 Å². The van der Waals surface area contributed by atoms with Gasteiger partial charge in [0.1, 0.15) is 0 Å². The van der Waals surface area contributed by atoms with E-state index in [9.17, 15) is 22.0 Å². The minimum Gasteiger partial charge on any atom is -0.316 e. The van der Waals surface area contributed by atoms with Crippen LogP contribution < -0.4 is 5.32 Å². The summed E-state index contributed by atoms with van der Waals surface area (Å²) < 4.78 is 66.1. The van der Waals surface area contributed by atoms with E-state index in [0.717, 1.165) is 0 Å². The predicted molar refractivity (Wildman–Crippen MR) is 51.1 cm³/mol. The Hall–Kier alpha value is -1.17. The summed E-state index contributed by atoms with van der Waals surface area (Å²) in [6.07, 6.45) is 0.325. The third kappa shape index (κ3) is 1.71. The minimum absolute atomic E-state index is 0.186. The van der Waals surface area contributed by atoms with Crippen LogP contribution in [-0.4, -0.2) is 13.1 Å². The molecular formula is C11H10F5N. The van der Waals surface area contributed by atoms with Gasteiger partial charge in [-0.25, -0.2) is 22.0 Å². The van der Waals surface area contributed by atoms with E-state index in [1.807, 2.05) is 0 Å². The molecule has 0 bridgehead atoms. The van der Waals surface area contributed by atoms with Crippen molar-refractivity contribution in [2.24, 2.45) is 0 Å². The number of nitrogens with one attached hydrogen (secondary N) is 1. The van der Waals surface area contributed by atoms with E-state index in [1.54, 1.807) is 0 Å². The zero-order chi connectivity index (χ0) is 12.8. The lowest BCUT2D eigenvalue weighted by atomic mass is 9.81. The van der Waals surface area contributed by atoms with Crippen LogP contribution in [-0.2, 0) is 5.41 Å². The topological polar surface area (TPSA) is 12.0 Å². The zero-order valence-corrected chi connectivity index (χ0v) is 9.01. The normalized spacial score (nSPS) is 24.4. The summed E-state index contributed by atoms with van der Waals surface area (Å²) in [7, 11) is 0. The predicted octanol–water partition coefficient (Wildman–Crippen LogP) is 2.63. The molecule has 0 aliphatic carbocycles. The SMILES string of the molecule is CC1(c2c(F)c(F)c(F)c(F)c2F)CCNC1. The molecule has 1 saturated heterocycles. The first kappa shape index (κ1) is 12.3. The van der Waals surface area contributed by atoms with E-state index in [-0.39, 0.29) is 6.54 Å². The van der Waals surface area contributed by atoms with E-state index >= 15 is 0 Å². The summed E-state index contributed by atoms with van der Waals surface area (Å²) in [6.45, 7) is 2.15. The Labute approximate surface area is 94.6 Å². The Bertz CT molecular complexity index is 436. The number of hydrogen-bond acceptors (Lipinski definition) is 1. The van der Waals surface area contributed by atoms with E-state index in [2.05, 4.69) is 5.32 Å². The highest BCUT2D eigenvalue weighted by Crippen LogP contribution is 2.36. The highest BCUT2D eigenvalue weighted by atomic mass is 19.2. The first-order valence-corrected chi connectivity index (χ1v) is 5.11. The fraction of sp³-hybridized carbons (Fsp3) is 0.455. The number of benzene rings is 1. The molecule has 6 heteroatoms. The summed E-state index contributed by atoms with van der Waals surface area (Å²) in [5, 5.41) is 2.85. The van der Waals surface area contributed by atoms with Crippen molar-refractivity contribution >= 4 is 0 Å². The Morgan fingerprint density at radius 1 is 0.882 bits per heavy atom. The van der Waals surface area contributed by atoms with Gasteiger partial charge in [0.05, 0.1) is 0 Å². The molecular weight excluding hydrogens is 241 g/mol. The van der Waals surface area contributed by atoms with Crippen LogP contribution in [0.15, 0.2) is 0 Å². The summed E-state index contributed by atoms with van der Waals surface area (Å²) in [4.78, 5) is 0. The summed E-state index contributed by atoms with van der Waals surface area (Å²) in [6, 6.07) is 0. The molecule has 1 aromatic carbocycles. The smallest absolute Gasteiger partial charge is 0.200 e. The molecule has 0 saturated carbocycles. The molecule has 17 heavy (non-hydrogen) atoms. The second kappa shape index (κ2) is 3.94. The highest BCUT2D eigenvalue weighted by Gasteiger charge is 2.39. The standard InChI is InChI=1S/C11H10F5N/c1-11(2-3-17-4-11)5-6(12)8(14)10(16)9(15)7(5)13/h17H,2-4H2,1H3. The molecule has 1 heterocycles. The maximum atomic E-state index is 13.6. The van der Waals surface area contributed by atoms with Gasteiger partial charge in [-0.15, -0.1) is 0 Å². The summed E-state index contributed by atoms with van der Waals surface area (Å²) in [5.74, 6) is -9.34. The largest absolute Gasteiger partial charge is 0.316 e. The van der Waals surface area contributed by atoms with Crippen molar-refractivity contribution < 1.29 is 22.0 Å². The van der Waals surface area contributed by atoms with Crippen molar-refractivity contribution in [1.82, 2.24) is 5.32 Å². The van der Waals surface area contributed by atoms with Crippen molar-refractivity contribution in [3.05, 3.63) is 34.6 Å². The maximum Gasteiger partial charge on any atom is 0.200 e. The van der Waals surface area contributed by atoms with Crippen molar-refractivity contribution in [1.29, 1.82) is 0 Å². The molecule has 1 nitrogen and oxygen atoms in total. The van der Waals surface area contributed by atoms with E-state index in [1.165, 1.54) is 6.92 Å². The van der Waals surface area contributed by atoms with Crippen LogP contribution in [0, 0.1) is 29.1 Å². The molecule has 1 unspecified atom stereocenters. The molecule has 0 radical (unpaired) electrons. The van der Waals surface area contributed by atoms with E-state index in [0.29, 0.717) is 13.0 Å². The van der Waals surface area contributed by atoms with Crippen LogP contribution in [0.4, 0.5) is 22.0 Å². The van der Waals surface area contributed by atoms with Gasteiger partial charge in [-0.2, -0.15) is 0 Å². The fourth-order valence-corrected chi connectivity index (χ4v) is 2.17. The van der Waals surface area contributed by atoms with Crippen LogP contribution in [0.5, 0.6) is 0 Å². The molecule has 1 fully saturated rings. The lowest BCUT2D eigenvalue weighted by molar-refractivity contribution is 0.346. The zero-order valence-electron chi connectivity index (χ0n) is 9.01. The van der Waals surface area contributed by atoms with Gasteiger partial charge in [0.25, 0.3) is 0 Å². The Kier molecular flexibility index (Phi) is 2.85. The van der Waals surface area contributed by atoms with Crippen LogP contribution in [0.3, 0.4) is 0 Å². The van der Waals surface area contributed by atoms with Crippen LogP contribution in [0.1, 0.15) is 18.9 Å². The minimum atomic E-state index is -2.11. The van der Waals surface area contributed by atoms with Gasteiger partial charge >= 0.3 is 0 Å². The maximum absolute atomic E-state index is 13.6. The monoisotopic (exact) mass is 251 g/mol. The molecule has 1 aromatic rings. The summed E-state index contributed by atoms with van der Waals surface area (Å²) in [5.41, 5.74) is -1.79. The van der Waals surface area contributed by atoms with Gasteiger partial charge in [-0.05, 0) is 13.0 Å². The molecule has 94 valence electrons. The first-order valence-electron chi connectivity index (χ1n) is 5.11. The van der Waals surface area contributed by atoms with Gasteiger partial charge in [0.15, 0.2) is 23.3 Å². The number of rotatable bonds is 1. The van der Waals surface area contributed by atoms with Crippen molar-refractivity contribution in [3.8, 4) is 0 Å². The molecule has 2 rings (SSSR count). The van der Waals surface area contributed by atoms with Gasteiger partial charge in [-0.3, -0.25) is 0 Å². The van der Waals surface area contributed by atoms with Crippen LogP contribution in [0.25, 0.3) is 0 Å². The second-order valence-corrected chi connectivity index (χ2v) is 4.43. The van der Waals surface area contributed by atoms with Crippen molar-refractivity contribution in [3.63, 3.8) is 0 Å². The third-order valence-corrected chi connectivity index (χ3v) is 3.18. The number of halogens is 5. The first-order chi connectivity index (χ1) is 7.88. The molecule has 1 N–H and O–H groups in total. The summed E-state index contributed by atoms with van der Waals surface area (Å²) >= 11 is 0. The van der Waals surface area contributed by atoms with E-state index < -0.39 is 40.1 Å². The van der Waals surface area contributed by atoms with Crippen LogP contribution >= 0.6 is 0 Å². The lowest BCUT2D eigenvalue weighted by Gasteiger charge is -2.24. The van der Waals surface area contributed by atoms with Gasteiger partial charge in [0, 0.05) is 17.5 Å². The second-order valence-electron chi connectivity index (χ2n) is 4.43.